The normalized spacial score (nSPS) is 13.3. The highest BCUT2D eigenvalue weighted by Gasteiger charge is 2.14. The van der Waals surface area contributed by atoms with E-state index in [1.54, 1.807) is 13.8 Å². The van der Waals surface area contributed by atoms with Crippen molar-refractivity contribution >= 4 is 5.97 Å². The molecular weight excluding hydrogens is 134 g/mol. The van der Waals surface area contributed by atoms with Crippen molar-refractivity contribution in [1.82, 2.24) is 0 Å². The van der Waals surface area contributed by atoms with E-state index in [1.807, 2.05) is 0 Å². The third-order valence-corrected chi connectivity index (χ3v) is 0.888. The Hall–Kier alpha value is -0.610. The summed E-state index contributed by atoms with van der Waals surface area (Å²) >= 11 is 0. The molecular formula is C6H13NO3. The topological polar surface area (TPSA) is 61.5 Å². The summed E-state index contributed by atoms with van der Waals surface area (Å²) in [7, 11) is 0. The van der Waals surface area contributed by atoms with Crippen molar-refractivity contribution in [3.8, 4) is 0 Å². The maximum absolute atomic E-state index is 10.8. The summed E-state index contributed by atoms with van der Waals surface area (Å²) < 4.78 is 4.76. The van der Waals surface area contributed by atoms with E-state index in [1.165, 1.54) is 6.92 Å². The molecule has 2 N–H and O–H groups in total. The minimum Gasteiger partial charge on any atom is -0.461 e. The zero-order chi connectivity index (χ0) is 8.15. The number of hydrogen-bond acceptors (Lipinski definition) is 4. The fourth-order valence-corrected chi connectivity index (χ4v) is 0.384. The van der Waals surface area contributed by atoms with Gasteiger partial charge in [-0.1, -0.05) is 0 Å². The van der Waals surface area contributed by atoms with Crippen LogP contribution in [0.3, 0.4) is 0 Å². The van der Waals surface area contributed by atoms with Gasteiger partial charge < -0.3 is 4.74 Å². The summed E-state index contributed by atoms with van der Waals surface area (Å²) in [5, 5.41) is 0. The SMILES string of the molecule is CC(C)OC(=O)C(C)ON. The summed E-state index contributed by atoms with van der Waals surface area (Å²) in [6, 6.07) is 0. The molecule has 0 aliphatic rings. The first-order valence-electron chi connectivity index (χ1n) is 3.14. The Bertz CT molecular complexity index is 114. The molecule has 0 radical (unpaired) electrons. The number of carbonyl (C=O) groups is 1. The van der Waals surface area contributed by atoms with Crippen molar-refractivity contribution in [2.24, 2.45) is 5.90 Å². The molecule has 0 rings (SSSR count). The number of nitrogens with two attached hydrogens (primary N) is 1. The summed E-state index contributed by atoms with van der Waals surface area (Å²) in [6.45, 7) is 5.06. The monoisotopic (exact) mass is 147 g/mol. The van der Waals surface area contributed by atoms with Crippen molar-refractivity contribution in [2.75, 3.05) is 0 Å². The van der Waals surface area contributed by atoms with Crippen LogP contribution in [-0.2, 0) is 14.4 Å². The van der Waals surface area contributed by atoms with E-state index in [2.05, 4.69) is 4.84 Å². The van der Waals surface area contributed by atoms with Crippen LogP contribution in [0, 0.1) is 0 Å². The maximum atomic E-state index is 10.8. The molecule has 0 aromatic rings. The first-order valence-corrected chi connectivity index (χ1v) is 3.14. The summed E-state index contributed by atoms with van der Waals surface area (Å²) in [5.41, 5.74) is 0. The molecule has 0 aliphatic carbocycles. The van der Waals surface area contributed by atoms with Crippen LogP contribution in [0.1, 0.15) is 20.8 Å². The quantitative estimate of drug-likeness (QED) is 0.458. The Balaban J connectivity index is 3.62. The van der Waals surface area contributed by atoms with E-state index in [-0.39, 0.29) is 6.10 Å². The molecule has 0 fully saturated rings. The van der Waals surface area contributed by atoms with Crippen molar-refractivity contribution in [3.63, 3.8) is 0 Å². The summed E-state index contributed by atoms with van der Waals surface area (Å²) in [4.78, 5) is 15.0. The molecule has 4 nitrogen and oxygen atoms in total. The highest BCUT2D eigenvalue weighted by atomic mass is 16.6. The lowest BCUT2D eigenvalue weighted by molar-refractivity contribution is -0.160. The van der Waals surface area contributed by atoms with E-state index in [0.717, 1.165) is 0 Å². The fourth-order valence-electron chi connectivity index (χ4n) is 0.384. The minimum absolute atomic E-state index is 0.120. The molecule has 60 valence electrons. The van der Waals surface area contributed by atoms with Gasteiger partial charge in [0.05, 0.1) is 6.10 Å². The highest BCUT2D eigenvalue weighted by Crippen LogP contribution is 1.94. The Morgan fingerprint density at radius 2 is 1.90 bits per heavy atom. The van der Waals surface area contributed by atoms with Gasteiger partial charge in [-0.05, 0) is 20.8 Å². The highest BCUT2D eigenvalue weighted by molar-refractivity contribution is 5.74. The first kappa shape index (κ1) is 9.39. The van der Waals surface area contributed by atoms with Crippen LogP contribution in [0.4, 0.5) is 0 Å². The van der Waals surface area contributed by atoms with E-state index >= 15 is 0 Å². The standard InChI is InChI=1S/C6H13NO3/c1-4(2)9-6(8)5(3)10-7/h4-5H,7H2,1-3H3. The second kappa shape index (κ2) is 4.24. The molecule has 0 aromatic carbocycles. The van der Waals surface area contributed by atoms with Crippen LogP contribution < -0.4 is 5.90 Å². The Morgan fingerprint density at radius 1 is 1.40 bits per heavy atom. The number of ether oxygens (including phenoxy) is 1. The lowest BCUT2D eigenvalue weighted by atomic mass is 10.4. The third-order valence-electron chi connectivity index (χ3n) is 0.888. The van der Waals surface area contributed by atoms with Gasteiger partial charge in [-0.25, -0.2) is 10.7 Å². The Kier molecular flexibility index (Phi) is 3.99. The first-order chi connectivity index (χ1) is 4.57. The largest absolute Gasteiger partial charge is 0.461 e. The van der Waals surface area contributed by atoms with Crippen LogP contribution in [0.2, 0.25) is 0 Å². The van der Waals surface area contributed by atoms with Crippen LogP contribution in [-0.4, -0.2) is 18.2 Å². The lowest BCUT2D eigenvalue weighted by Crippen LogP contribution is -2.28. The molecule has 0 saturated carbocycles. The van der Waals surface area contributed by atoms with E-state index in [4.69, 9.17) is 10.6 Å². The second-order valence-corrected chi connectivity index (χ2v) is 2.26. The molecule has 10 heavy (non-hydrogen) atoms. The van der Waals surface area contributed by atoms with Crippen LogP contribution in [0.25, 0.3) is 0 Å². The van der Waals surface area contributed by atoms with Crippen molar-refractivity contribution < 1.29 is 14.4 Å². The average molecular weight is 147 g/mol. The Labute approximate surface area is 60.2 Å². The van der Waals surface area contributed by atoms with Crippen LogP contribution in [0.5, 0.6) is 0 Å². The molecule has 0 bridgehead atoms. The summed E-state index contributed by atoms with van der Waals surface area (Å²) in [6.07, 6.45) is -0.799. The molecule has 0 spiro atoms. The molecule has 0 amide bonds. The number of hydrogen-bond donors (Lipinski definition) is 1. The molecule has 1 unspecified atom stereocenters. The van der Waals surface area contributed by atoms with Gasteiger partial charge in [0.2, 0.25) is 0 Å². The van der Waals surface area contributed by atoms with E-state index in [0.29, 0.717) is 0 Å². The van der Waals surface area contributed by atoms with Crippen LogP contribution >= 0.6 is 0 Å². The van der Waals surface area contributed by atoms with Gasteiger partial charge >= 0.3 is 5.97 Å². The Morgan fingerprint density at radius 3 is 2.20 bits per heavy atom. The van der Waals surface area contributed by atoms with Gasteiger partial charge in [0.15, 0.2) is 6.10 Å². The van der Waals surface area contributed by atoms with Gasteiger partial charge in [-0.3, -0.25) is 4.84 Å². The number of rotatable bonds is 3. The molecule has 0 aromatic heterocycles. The number of esters is 1. The van der Waals surface area contributed by atoms with Crippen molar-refractivity contribution in [1.29, 1.82) is 0 Å². The predicted molar refractivity (Wildman–Crippen MR) is 36.0 cm³/mol. The lowest BCUT2D eigenvalue weighted by Gasteiger charge is -2.10. The molecule has 0 aliphatic heterocycles. The smallest absolute Gasteiger partial charge is 0.337 e. The van der Waals surface area contributed by atoms with Gasteiger partial charge in [0, 0.05) is 0 Å². The minimum atomic E-state index is -0.678. The van der Waals surface area contributed by atoms with Crippen molar-refractivity contribution in [2.45, 2.75) is 33.0 Å². The van der Waals surface area contributed by atoms with Crippen LogP contribution in [0.15, 0.2) is 0 Å². The molecule has 4 heteroatoms. The van der Waals surface area contributed by atoms with Gasteiger partial charge in [0.1, 0.15) is 0 Å². The molecule has 0 heterocycles. The fraction of sp³-hybridized carbons (Fsp3) is 0.833. The van der Waals surface area contributed by atoms with E-state index < -0.39 is 12.1 Å². The summed E-state index contributed by atoms with van der Waals surface area (Å²) in [5.74, 6) is 4.31. The average Bonchev–Trinajstić information content (AvgIpc) is 1.85. The zero-order valence-electron chi connectivity index (χ0n) is 6.46. The predicted octanol–water partition coefficient (Wildman–Crippen LogP) is 0.217. The van der Waals surface area contributed by atoms with E-state index in [9.17, 15) is 4.79 Å². The third kappa shape index (κ3) is 3.42. The van der Waals surface area contributed by atoms with Gasteiger partial charge in [-0.15, -0.1) is 0 Å². The molecule has 0 saturated heterocycles. The molecule has 1 atom stereocenters. The second-order valence-electron chi connectivity index (χ2n) is 2.26. The number of carbonyl (C=O) groups excluding carboxylic acids is 1. The van der Waals surface area contributed by atoms with Crippen molar-refractivity contribution in [3.05, 3.63) is 0 Å². The van der Waals surface area contributed by atoms with Gasteiger partial charge in [0.25, 0.3) is 0 Å². The van der Waals surface area contributed by atoms with Gasteiger partial charge in [-0.2, -0.15) is 0 Å². The maximum Gasteiger partial charge on any atom is 0.337 e. The zero-order valence-corrected chi connectivity index (χ0v) is 6.46.